The minimum absolute atomic E-state index is 0.263. The number of nitrogens with zero attached hydrogens (tertiary/aromatic N) is 2. The van der Waals surface area contributed by atoms with Crippen molar-refractivity contribution in [1.29, 1.82) is 0 Å². The maximum atomic E-state index is 12.4. The van der Waals surface area contributed by atoms with Crippen LogP contribution in [-0.2, 0) is 13.0 Å². The zero-order valence-electron chi connectivity index (χ0n) is 17.7. The number of nitrogens with one attached hydrogen (secondary N) is 2. The van der Waals surface area contributed by atoms with Gasteiger partial charge in [-0.15, -0.1) is 0 Å². The molecule has 0 fully saturated rings. The van der Waals surface area contributed by atoms with E-state index in [-0.39, 0.29) is 5.52 Å². The molecule has 6 heteroatoms. The van der Waals surface area contributed by atoms with Crippen molar-refractivity contribution in [3.05, 3.63) is 80.0 Å². The van der Waals surface area contributed by atoms with Gasteiger partial charge in [-0.1, -0.05) is 49.7 Å². The molecule has 0 aliphatic rings. The van der Waals surface area contributed by atoms with Crippen LogP contribution in [0.15, 0.2) is 52.1 Å². The standard InChI is InChI=1S/C24H26N4O2/c1-4-16(3)18-11-12-20-19(14-18)25-21-22(26-24(30)27-23(21)29)28(20)13-5-6-17-9-7-15(2)8-10-17/h7-12,14,16H,4-6,13H2,1-3H3,(H,27,29,30)/p+1. The molecule has 0 bridgehead atoms. The summed E-state index contributed by atoms with van der Waals surface area (Å²) in [5.41, 5.74) is 5.16. The van der Waals surface area contributed by atoms with Crippen LogP contribution in [0, 0.1) is 6.92 Å². The summed E-state index contributed by atoms with van der Waals surface area (Å²) < 4.78 is 2.02. The molecule has 6 nitrogen and oxygen atoms in total. The van der Waals surface area contributed by atoms with Gasteiger partial charge in [0.15, 0.2) is 5.52 Å². The first-order chi connectivity index (χ1) is 14.5. The van der Waals surface area contributed by atoms with Crippen LogP contribution in [0.3, 0.4) is 0 Å². The lowest BCUT2D eigenvalue weighted by molar-refractivity contribution is -0.648. The van der Waals surface area contributed by atoms with Gasteiger partial charge in [0, 0.05) is 0 Å². The maximum Gasteiger partial charge on any atom is 0.413 e. The van der Waals surface area contributed by atoms with Gasteiger partial charge in [-0.2, -0.15) is 4.98 Å². The second-order valence-corrected chi connectivity index (χ2v) is 8.02. The highest BCUT2D eigenvalue weighted by Crippen LogP contribution is 2.22. The van der Waals surface area contributed by atoms with E-state index in [2.05, 4.69) is 78.2 Å². The number of rotatable bonds is 6. The summed E-state index contributed by atoms with van der Waals surface area (Å²) in [5.74, 6) is 0.413. The summed E-state index contributed by atoms with van der Waals surface area (Å²) in [6, 6.07) is 14.8. The van der Waals surface area contributed by atoms with Crippen molar-refractivity contribution in [2.45, 2.75) is 52.5 Å². The molecular formula is C24H27N4O2+. The highest BCUT2D eigenvalue weighted by atomic mass is 16.2. The molecule has 0 amide bonds. The van der Waals surface area contributed by atoms with Gasteiger partial charge in [0.25, 0.3) is 5.56 Å². The fraction of sp³-hybridized carbons (Fsp3) is 0.333. The molecule has 0 aliphatic heterocycles. The lowest BCUT2D eigenvalue weighted by Crippen LogP contribution is -2.40. The first kappa shape index (κ1) is 20.0. The third kappa shape index (κ3) is 3.90. The van der Waals surface area contributed by atoms with E-state index in [0.29, 0.717) is 18.1 Å². The van der Waals surface area contributed by atoms with Crippen LogP contribution >= 0.6 is 0 Å². The van der Waals surface area contributed by atoms with Crippen LogP contribution in [0.1, 0.15) is 49.3 Å². The smallest absolute Gasteiger partial charge is 0.267 e. The van der Waals surface area contributed by atoms with Gasteiger partial charge in [0.2, 0.25) is 5.52 Å². The minimum atomic E-state index is -0.517. The molecule has 0 saturated heterocycles. The number of aryl methyl sites for hydroxylation is 3. The van der Waals surface area contributed by atoms with Gasteiger partial charge in [-0.25, -0.2) is 14.3 Å². The third-order valence-corrected chi connectivity index (χ3v) is 5.84. The van der Waals surface area contributed by atoms with E-state index in [9.17, 15) is 9.59 Å². The summed E-state index contributed by atoms with van der Waals surface area (Å²) >= 11 is 0. The van der Waals surface area contributed by atoms with Gasteiger partial charge in [0.1, 0.15) is 5.52 Å². The SMILES string of the molecule is CCC(C)c1ccc2c(c1)nc1c(=O)[nH]c(=O)[nH]c1[n+]2CCCc1ccc(C)cc1. The Morgan fingerprint density at radius 1 is 1.07 bits per heavy atom. The predicted octanol–water partition coefficient (Wildman–Crippen LogP) is 3.51. The third-order valence-electron chi connectivity index (χ3n) is 5.84. The van der Waals surface area contributed by atoms with Crippen molar-refractivity contribution in [2.24, 2.45) is 0 Å². The fourth-order valence-corrected chi connectivity index (χ4v) is 3.84. The van der Waals surface area contributed by atoms with E-state index >= 15 is 0 Å². The first-order valence-corrected chi connectivity index (χ1v) is 10.5. The molecule has 1 atom stereocenters. The predicted molar refractivity (Wildman–Crippen MR) is 119 cm³/mol. The van der Waals surface area contributed by atoms with E-state index in [1.165, 1.54) is 16.7 Å². The second kappa shape index (κ2) is 8.22. The first-order valence-electron chi connectivity index (χ1n) is 10.5. The molecule has 1 unspecified atom stereocenters. The van der Waals surface area contributed by atoms with Gasteiger partial charge >= 0.3 is 11.3 Å². The van der Waals surface area contributed by atoms with Gasteiger partial charge in [-0.05, 0) is 55.4 Å². The fourth-order valence-electron chi connectivity index (χ4n) is 3.84. The van der Waals surface area contributed by atoms with E-state index < -0.39 is 11.2 Å². The van der Waals surface area contributed by atoms with E-state index in [1.54, 1.807) is 0 Å². The van der Waals surface area contributed by atoms with Gasteiger partial charge < -0.3 is 0 Å². The Morgan fingerprint density at radius 3 is 2.57 bits per heavy atom. The molecule has 0 saturated carbocycles. The Hall–Kier alpha value is -3.28. The Labute approximate surface area is 174 Å². The average Bonchev–Trinajstić information content (AvgIpc) is 2.74. The molecule has 2 N–H and O–H groups in total. The van der Waals surface area contributed by atoms with E-state index in [4.69, 9.17) is 0 Å². The molecule has 0 radical (unpaired) electrons. The number of benzene rings is 2. The number of fused-ring (bicyclic) bond motifs is 2. The largest absolute Gasteiger partial charge is 0.413 e. The number of aromatic nitrogens is 4. The van der Waals surface area contributed by atoms with Crippen molar-refractivity contribution in [3.8, 4) is 0 Å². The molecule has 2 aromatic carbocycles. The maximum absolute atomic E-state index is 12.4. The summed E-state index contributed by atoms with van der Waals surface area (Å²) in [4.78, 5) is 34.1. The highest BCUT2D eigenvalue weighted by molar-refractivity contribution is 5.79. The normalized spacial score (nSPS) is 12.5. The topological polar surface area (TPSA) is 82.5 Å². The van der Waals surface area contributed by atoms with Crippen LogP contribution in [0.2, 0.25) is 0 Å². The Morgan fingerprint density at radius 2 is 1.83 bits per heavy atom. The van der Waals surface area contributed by atoms with Crippen molar-refractivity contribution < 1.29 is 4.57 Å². The van der Waals surface area contributed by atoms with Crippen molar-refractivity contribution in [3.63, 3.8) is 0 Å². The van der Waals surface area contributed by atoms with Crippen molar-refractivity contribution in [1.82, 2.24) is 15.0 Å². The van der Waals surface area contributed by atoms with Gasteiger partial charge in [-0.3, -0.25) is 9.78 Å². The summed E-state index contributed by atoms with van der Waals surface area (Å²) in [5, 5.41) is 0. The van der Waals surface area contributed by atoms with Crippen LogP contribution in [0.4, 0.5) is 0 Å². The summed E-state index contributed by atoms with van der Waals surface area (Å²) in [6.07, 6.45) is 2.82. The van der Waals surface area contributed by atoms with Crippen molar-refractivity contribution in [2.75, 3.05) is 0 Å². The Kier molecular flexibility index (Phi) is 5.48. The molecule has 0 aliphatic carbocycles. The van der Waals surface area contributed by atoms with Crippen LogP contribution in [0.25, 0.3) is 22.2 Å². The number of hydrogen-bond acceptors (Lipinski definition) is 3. The minimum Gasteiger partial charge on any atom is -0.267 e. The molecule has 2 heterocycles. The lowest BCUT2D eigenvalue weighted by Gasteiger charge is -2.12. The van der Waals surface area contributed by atoms with Gasteiger partial charge in [0.05, 0.1) is 6.54 Å². The van der Waals surface area contributed by atoms with E-state index in [1.807, 2.05) is 4.57 Å². The van der Waals surface area contributed by atoms with E-state index in [0.717, 1.165) is 30.3 Å². The molecule has 4 aromatic rings. The average molecular weight is 404 g/mol. The molecule has 4 rings (SSSR count). The highest BCUT2D eigenvalue weighted by Gasteiger charge is 2.19. The molecular weight excluding hydrogens is 376 g/mol. The second-order valence-electron chi connectivity index (χ2n) is 8.02. The molecule has 2 aromatic heterocycles. The molecule has 0 spiro atoms. The number of hydrogen-bond donors (Lipinski definition) is 2. The molecule has 154 valence electrons. The zero-order valence-corrected chi connectivity index (χ0v) is 17.7. The van der Waals surface area contributed by atoms with Crippen molar-refractivity contribution >= 4 is 22.2 Å². The Balaban J connectivity index is 1.80. The molecule has 30 heavy (non-hydrogen) atoms. The summed E-state index contributed by atoms with van der Waals surface area (Å²) in [6.45, 7) is 7.09. The number of H-pyrrole nitrogens is 2. The van der Waals surface area contributed by atoms with Crippen LogP contribution < -0.4 is 15.8 Å². The van der Waals surface area contributed by atoms with Crippen LogP contribution in [-0.4, -0.2) is 15.0 Å². The summed E-state index contributed by atoms with van der Waals surface area (Å²) in [7, 11) is 0. The number of aromatic amines is 2. The zero-order chi connectivity index (χ0) is 21.3. The quantitative estimate of drug-likeness (QED) is 0.382. The van der Waals surface area contributed by atoms with Crippen LogP contribution in [0.5, 0.6) is 0 Å². The lowest BCUT2D eigenvalue weighted by atomic mass is 9.98. The monoisotopic (exact) mass is 403 g/mol. The Bertz CT molecular complexity index is 1320.